The number of phosphoric acid groups is 1. The molecule has 0 radical (unpaired) electrons. The second-order valence-electron chi connectivity index (χ2n) is 16.6. The van der Waals surface area contributed by atoms with Gasteiger partial charge in [0.05, 0.1) is 38.0 Å². The van der Waals surface area contributed by atoms with E-state index in [-0.39, 0.29) is 18.0 Å². The summed E-state index contributed by atoms with van der Waals surface area (Å²) in [5.41, 5.74) is 1.41. The van der Waals surface area contributed by atoms with Crippen molar-refractivity contribution in [3.05, 3.63) is 113 Å². The number of esters is 1. The minimum absolute atomic E-state index is 0.0533. The van der Waals surface area contributed by atoms with E-state index in [1.807, 2.05) is 55.5 Å². The predicted octanol–water partition coefficient (Wildman–Crippen LogP) is 4.62. The maximum Gasteiger partial charge on any atom is 0.511 e. The number of benzene rings is 3. The van der Waals surface area contributed by atoms with Crippen LogP contribution in [0.15, 0.2) is 90.5 Å². The molecule has 2 saturated heterocycles. The van der Waals surface area contributed by atoms with Crippen molar-refractivity contribution < 1.29 is 60.9 Å². The molecule has 3 aromatic carbocycles. The van der Waals surface area contributed by atoms with Crippen molar-refractivity contribution in [3.63, 3.8) is 0 Å². The van der Waals surface area contributed by atoms with Crippen molar-refractivity contribution in [2.24, 2.45) is 5.92 Å². The highest BCUT2D eigenvalue weighted by atomic mass is 31.2. The first-order valence-electron chi connectivity index (χ1n) is 21.9. The Kier molecular flexibility index (Phi) is 15.9. The molecule has 2 aliphatic rings. The van der Waals surface area contributed by atoms with E-state index in [2.05, 4.69) is 29.5 Å². The molecule has 2 N–H and O–H groups in total. The number of phosphoric ester groups is 1. The first-order valence-corrected chi connectivity index (χ1v) is 23.4. The molecular formula is C44H54F2N9O12P. The third-order valence-electron chi connectivity index (χ3n) is 11.6. The molecule has 2 aromatic heterocycles. The number of carbonyl (C=O) groups excluding carboxylic acids is 2. The van der Waals surface area contributed by atoms with Crippen LogP contribution in [0.1, 0.15) is 45.2 Å². The zero-order valence-electron chi connectivity index (χ0n) is 37.9. The van der Waals surface area contributed by atoms with Gasteiger partial charge in [-0.3, -0.25) is 14.2 Å². The number of halogens is 2. The third kappa shape index (κ3) is 12.6. The smallest absolute Gasteiger partial charge is 0.493 e. The second-order valence-corrected chi connectivity index (χ2v) is 17.8. The molecule has 0 bridgehead atoms. The Labute approximate surface area is 389 Å². The third-order valence-corrected chi connectivity index (χ3v) is 12.1. The van der Waals surface area contributed by atoms with E-state index in [1.165, 1.54) is 54.3 Å². The fourth-order valence-electron chi connectivity index (χ4n) is 8.31. The number of hydrogen-bond acceptors (Lipinski definition) is 16. The quantitative estimate of drug-likeness (QED) is 0.0616. The Morgan fingerprint density at radius 2 is 1.59 bits per heavy atom. The van der Waals surface area contributed by atoms with Gasteiger partial charge in [-0.1, -0.05) is 13.0 Å². The number of aromatic nitrogens is 6. The van der Waals surface area contributed by atoms with E-state index in [1.54, 1.807) is 11.6 Å². The van der Waals surface area contributed by atoms with Crippen LogP contribution in [0.5, 0.6) is 5.75 Å². The lowest BCUT2D eigenvalue weighted by atomic mass is 9.87. The summed E-state index contributed by atoms with van der Waals surface area (Å²) in [5.74, 6) is -1.55. The minimum atomic E-state index is -4.73. The molecule has 5 aromatic rings. The van der Waals surface area contributed by atoms with Gasteiger partial charge in [-0.05, 0) is 81.4 Å². The van der Waals surface area contributed by atoms with Crippen molar-refractivity contribution in [2.45, 2.75) is 64.2 Å². The van der Waals surface area contributed by atoms with Crippen LogP contribution in [-0.4, -0.2) is 128 Å². The highest BCUT2D eigenvalue weighted by Gasteiger charge is 2.45. The van der Waals surface area contributed by atoms with Gasteiger partial charge >= 0.3 is 25.6 Å². The average Bonchev–Trinajstić information content (AvgIpc) is 4.06. The van der Waals surface area contributed by atoms with Gasteiger partial charge in [-0.25, -0.2) is 41.8 Å². The maximum atomic E-state index is 15.0. The SMILES string of the molecule is CC[C@@H]([C@H](C)OC(=O)OC(C)OC(=O)CN(C)COP(=O)(O)O)n1ncn(-c2ccc(N3CCN(c4ccc(OC[C@@H]5CO[C@@](Cn6cncn6)(c6ccc(F)cc6F)C5)cc4)CC3)cc2)c1=O. The zero-order chi connectivity index (χ0) is 48.6. The van der Waals surface area contributed by atoms with Gasteiger partial charge in [-0.2, -0.15) is 10.2 Å². The van der Waals surface area contributed by atoms with Crippen molar-refractivity contribution in [1.82, 2.24) is 34.0 Å². The lowest BCUT2D eigenvalue weighted by Gasteiger charge is -2.37. The molecular weight excluding hydrogens is 916 g/mol. The maximum absolute atomic E-state index is 15.0. The Hall–Kier alpha value is -6.23. The number of nitrogens with zero attached hydrogens (tertiary/aromatic N) is 9. The molecule has 0 spiro atoms. The van der Waals surface area contributed by atoms with Gasteiger partial charge < -0.3 is 43.3 Å². The Balaban J connectivity index is 0.863. The molecule has 24 heteroatoms. The fourth-order valence-corrected chi connectivity index (χ4v) is 8.65. The molecule has 68 heavy (non-hydrogen) atoms. The van der Waals surface area contributed by atoms with Crippen molar-refractivity contribution in [1.29, 1.82) is 0 Å². The first kappa shape index (κ1) is 49.7. The highest BCUT2D eigenvalue weighted by molar-refractivity contribution is 7.46. The molecule has 366 valence electrons. The van der Waals surface area contributed by atoms with Crippen LogP contribution in [0.3, 0.4) is 0 Å². The Morgan fingerprint density at radius 3 is 2.21 bits per heavy atom. The van der Waals surface area contributed by atoms with Crippen molar-refractivity contribution >= 4 is 31.3 Å². The van der Waals surface area contributed by atoms with E-state index in [4.69, 9.17) is 33.5 Å². The van der Waals surface area contributed by atoms with Crippen LogP contribution in [0.25, 0.3) is 5.69 Å². The van der Waals surface area contributed by atoms with Gasteiger partial charge in [0, 0.05) is 62.0 Å². The number of ether oxygens (including phenoxy) is 5. The van der Waals surface area contributed by atoms with Gasteiger partial charge in [0.15, 0.2) is 0 Å². The van der Waals surface area contributed by atoms with E-state index >= 15 is 4.39 Å². The van der Waals surface area contributed by atoms with E-state index in [0.29, 0.717) is 37.5 Å². The van der Waals surface area contributed by atoms with Gasteiger partial charge in [-0.15, -0.1) is 0 Å². The standard InChI is InChI=1S/C44H54F2N9O12P/c1-5-40(30(2)65-43(58)67-31(3)66-41(56)22-50(4)29-64-68(59,60)61)55-42(57)54(28-49-55)36-9-7-34(8-10-36)51-16-18-52(19-17-51)35-11-13-37(14-12-35)62-23-32-21-44(63-24-32,25-53-27-47-26-48-53)38-15-6-33(45)20-39(38)46/h6-15,20,26-28,30-32,40H,5,16-19,21-25,29H2,1-4H3,(H2,59,60,61)/t30-,31?,32+,40-,44-/m0/s1. The predicted molar refractivity (Wildman–Crippen MR) is 239 cm³/mol. The summed E-state index contributed by atoms with van der Waals surface area (Å²) in [4.78, 5) is 65.6. The number of carbonyl (C=O) groups is 2. The molecule has 4 heterocycles. The Bertz CT molecular complexity index is 2570. The van der Waals surface area contributed by atoms with Gasteiger partial charge in [0.25, 0.3) is 0 Å². The molecule has 2 fully saturated rings. The molecule has 0 amide bonds. The summed E-state index contributed by atoms with van der Waals surface area (Å²) >= 11 is 0. The largest absolute Gasteiger partial charge is 0.511 e. The molecule has 7 rings (SSSR count). The molecule has 0 aliphatic carbocycles. The van der Waals surface area contributed by atoms with Crippen LogP contribution < -0.4 is 20.2 Å². The first-order chi connectivity index (χ1) is 32.5. The van der Waals surface area contributed by atoms with E-state index < -0.39 is 74.6 Å². The topological polar surface area (TPSA) is 227 Å². The van der Waals surface area contributed by atoms with Crippen molar-refractivity contribution in [2.75, 3.05) is 69.5 Å². The number of piperazine rings is 1. The van der Waals surface area contributed by atoms with Crippen LogP contribution in [-0.2, 0) is 45.0 Å². The number of likely N-dealkylation sites (N-methyl/N-ethyl adjacent to an activating group) is 1. The molecule has 2 aliphatic heterocycles. The molecule has 1 unspecified atom stereocenters. The molecule has 5 atom stereocenters. The summed E-state index contributed by atoms with van der Waals surface area (Å²) in [6, 6.07) is 18.4. The lowest BCUT2D eigenvalue weighted by molar-refractivity contribution is -0.170. The van der Waals surface area contributed by atoms with Gasteiger partial charge in [0.2, 0.25) is 6.29 Å². The minimum Gasteiger partial charge on any atom is -0.493 e. The second kappa shape index (κ2) is 21.8. The Morgan fingerprint density at radius 1 is 0.926 bits per heavy atom. The van der Waals surface area contributed by atoms with Crippen LogP contribution >= 0.6 is 7.82 Å². The normalized spacial score (nSPS) is 18.9. The highest BCUT2D eigenvalue weighted by Crippen LogP contribution is 2.42. The fraction of sp³-hybridized carbons (Fsp3) is 0.455. The summed E-state index contributed by atoms with van der Waals surface area (Å²) in [6.07, 6.45) is 1.77. The van der Waals surface area contributed by atoms with E-state index in [0.717, 1.165) is 48.5 Å². The van der Waals surface area contributed by atoms with Crippen LogP contribution in [0, 0.1) is 17.6 Å². The van der Waals surface area contributed by atoms with Crippen LogP contribution in [0.4, 0.5) is 25.0 Å². The summed E-state index contributed by atoms with van der Waals surface area (Å²) in [5, 5.41) is 8.49. The average molecular weight is 970 g/mol. The summed E-state index contributed by atoms with van der Waals surface area (Å²) < 4.78 is 76.1. The van der Waals surface area contributed by atoms with Crippen molar-refractivity contribution in [3.8, 4) is 11.4 Å². The monoisotopic (exact) mass is 969 g/mol. The molecule has 0 saturated carbocycles. The zero-order valence-corrected chi connectivity index (χ0v) is 38.8. The number of rotatable bonds is 20. The number of anilines is 2. The summed E-state index contributed by atoms with van der Waals surface area (Å²) in [7, 11) is -3.37. The molecule has 21 nitrogen and oxygen atoms in total. The van der Waals surface area contributed by atoms with Crippen LogP contribution in [0.2, 0.25) is 0 Å². The lowest BCUT2D eigenvalue weighted by Crippen LogP contribution is -2.46. The van der Waals surface area contributed by atoms with Gasteiger partial charge in [0.1, 0.15) is 54.8 Å². The number of hydrogen-bond donors (Lipinski definition) is 2. The summed E-state index contributed by atoms with van der Waals surface area (Å²) in [6.45, 7) is 7.67. The van der Waals surface area contributed by atoms with E-state index in [9.17, 15) is 23.3 Å².